The van der Waals surface area contributed by atoms with Crippen LogP contribution in [0.15, 0.2) is 24.3 Å². The molecule has 0 aliphatic heterocycles. The number of alkyl halides is 3. The molecule has 6 heteroatoms. The lowest BCUT2D eigenvalue weighted by molar-refractivity contribution is -0.137. The van der Waals surface area contributed by atoms with Crippen LogP contribution >= 0.6 is 0 Å². The van der Waals surface area contributed by atoms with Crippen molar-refractivity contribution >= 4 is 5.91 Å². The van der Waals surface area contributed by atoms with Gasteiger partial charge < -0.3 is 10.6 Å². The van der Waals surface area contributed by atoms with Crippen molar-refractivity contribution in [1.29, 1.82) is 0 Å². The van der Waals surface area contributed by atoms with Crippen LogP contribution in [0.3, 0.4) is 0 Å². The van der Waals surface area contributed by atoms with Gasteiger partial charge in [0.1, 0.15) is 0 Å². The van der Waals surface area contributed by atoms with E-state index in [9.17, 15) is 18.0 Å². The first-order valence-electron chi connectivity index (χ1n) is 7.56. The predicted octanol–water partition coefficient (Wildman–Crippen LogP) is 3.41. The van der Waals surface area contributed by atoms with Crippen LogP contribution in [-0.2, 0) is 11.0 Å². The molecular formula is C16H21F3N2O. The summed E-state index contributed by atoms with van der Waals surface area (Å²) < 4.78 is 38.1. The number of carbonyl (C=O) groups is 1. The highest BCUT2D eigenvalue weighted by atomic mass is 19.4. The van der Waals surface area contributed by atoms with E-state index in [0.717, 1.165) is 37.8 Å². The Morgan fingerprint density at radius 1 is 1.32 bits per heavy atom. The molecule has 0 bridgehead atoms. The molecule has 1 aliphatic rings. The van der Waals surface area contributed by atoms with Gasteiger partial charge in [-0.2, -0.15) is 13.2 Å². The van der Waals surface area contributed by atoms with E-state index < -0.39 is 11.7 Å². The first kappa shape index (κ1) is 16.8. The van der Waals surface area contributed by atoms with Crippen molar-refractivity contribution in [3.8, 4) is 0 Å². The molecule has 1 aromatic rings. The zero-order valence-electron chi connectivity index (χ0n) is 12.5. The Balaban J connectivity index is 1.86. The van der Waals surface area contributed by atoms with E-state index >= 15 is 0 Å². The average molecular weight is 314 g/mol. The molecule has 0 heterocycles. The molecule has 22 heavy (non-hydrogen) atoms. The summed E-state index contributed by atoms with van der Waals surface area (Å²) in [6.07, 6.45) is -0.0581. The molecule has 1 aliphatic carbocycles. The number of carbonyl (C=O) groups excluding carboxylic acids is 1. The van der Waals surface area contributed by atoms with E-state index in [1.807, 2.05) is 0 Å². The van der Waals surface area contributed by atoms with Crippen molar-refractivity contribution < 1.29 is 18.0 Å². The fourth-order valence-corrected chi connectivity index (χ4v) is 2.70. The summed E-state index contributed by atoms with van der Waals surface area (Å²) in [4.78, 5) is 11.8. The number of amides is 1. The molecule has 122 valence electrons. The SMILES string of the molecule is CC(NCC(=O)NC1CCCC1)c1cccc(C(F)(F)F)c1. The molecule has 1 atom stereocenters. The molecule has 0 spiro atoms. The van der Waals surface area contributed by atoms with Crippen molar-refractivity contribution in [3.05, 3.63) is 35.4 Å². The smallest absolute Gasteiger partial charge is 0.352 e. The Morgan fingerprint density at radius 3 is 2.64 bits per heavy atom. The Hall–Kier alpha value is -1.56. The van der Waals surface area contributed by atoms with E-state index in [-0.39, 0.29) is 24.5 Å². The van der Waals surface area contributed by atoms with Gasteiger partial charge in [-0.3, -0.25) is 4.79 Å². The zero-order chi connectivity index (χ0) is 16.2. The van der Waals surface area contributed by atoms with Crippen LogP contribution < -0.4 is 10.6 Å². The van der Waals surface area contributed by atoms with Crippen LogP contribution in [0, 0.1) is 0 Å². The van der Waals surface area contributed by atoms with Crippen LogP contribution in [0.5, 0.6) is 0 Å². The molecule has 0 radical (unpaired) electrons. The van der Waals surface area contributed by atoms with Gasteiger partial charge >= 0.3 is 6.18 Å². The lowest BCUT2D eigenvalue weighted by Gasteiger charge is -2.17. The summed E-state index contributed by atoms with van der Waals surface area (Å²) in [7, 11) is 0. The molecular weight excluding hydrogens is 293 g/mol. The number of rotatable bonds is 5. The van der Waals surface area contributed by atoms with Crippen LogP contribution in [0.1, 0.15) is 49.8 Å². The van der Waals surface area contributed by atoms with Gasteiger partial charge in [-0.05, 0) is 37.5 Å². The standard InChI is InChI=1S/C16H21F3N2O/c1-11(12-5-4-6-13(9-12)16(17,18)19)20-10-15(22)21-14-7-2-3-8-14/h4-6,9,11,14,20H,2-3,7-8,10H2,1H3,(H,21,22). The van der Waals surface area contributed by atoms with Gasteiger partial charge in [-0.25, -0.2) is 0 Å². The number of hydrogen-bond donors (Lipinski definition) is 2. The maximum absolute atomic E-state index is 12.7. The fraction of sp³-hybridized carbons (Fsp3) is 0.562. The molecule has 0 saturated heterocycles. The van der Waals surface area contributed by atoms with E-state index in [1.165, 1.54) is 6.07 Å². The van der Waals surface area contributed by atoms with Crippen molar-refractivity contribution in [2.75, 3.05) is 6.54 Å². The second-order valence-electron chi connectivity index (χ2n) is 5.77. The fourth-order valence-electron chi connectivity index (χ4n) is 2.70. The van der Waals surface area contributed by atoms with Gasteiger partial charge in [0.25, 0.3) is 0 Å². The van der Waals surface area contributed by atoms with Crippen LogP contribution in [0.2, 0.25) is 0 Å². The number of hydrogen-bond acceptors (Lipinski definition) is 2. The predicted molar refractivity (Wildman–Crippen MR) is 78.3 cm³/mol. The minimum absolute atomic E-state index is 0.105. The van der Waals surface area contributed by atoms with Gasteiger partial charge in [0.05, 0.1) is 12.1 Å². The lowest BCUT2D eigenvalue weighted by Crippen LogP contribution is -2.39. The molecule has 1 unspecified atom stereocenters. The van der Waals surface area contributed by atoms with Crippen LogP contribution in [-0.4, -0.2) is 18.5 Å². The normalized spacial score (nSPS) is 17.5. The number of benzene rings is 1. The topological polar surface area (TPSA) is 41.1 Å². The summed E-state index contributed by atoms with van der Waals surface area (Å²) in [6.45, 7) is 1.85. The van der Waals surface area contributed by atoms with Crippen molar-refractivity contribution in [2.45, 2.75) is 50.9 Å². The minimum Gasteiger partial charge on any atom is -0.352 e. The third-order valence-corrected chi connectivity index (χ3v) is 4.00. The quantitative estimate of drug-likeness (QED) is 0.874. The Bertz CT molecular complexity index is 510. The number of halogens is 3. The molecule has 2 N–H and O–H groups in total. The molecule has 1 saturated carbocycles. The highest BCUT2D eigenvalue weighted by molar-refractivity contribution is 5.78. The Morgan fingerprint density at radius 2 is 2.00 bits per heavy atom. The van der Waals surface area contributed by atoms with Crippen LogP contribution in [0.4, 0.5) is 13.2 Å². The van der Waals surface area contributed by atoms with Gasteiger partial charge in [0.2, 0.25) is 5.91 Å². The maximum Gasteiger partial charge on any atom is 0.416 e. The summed E-state index contributed by atoms with van der Waals surface area (Å²) >= 11 is 0. The second-order valence-corrected chi connectivity index (χ2v) is 5.77. The second kappa shape index (κ2) is 7.13. The zero-order valence-corrected chi connectivity index (χ0v) is 12.5. The van der Waals surface area contributed by atoms with Gasteiger partial charge in [-0.15, -0.1) is 0 Å². The highest BCUT2D eigenvalue weighted by Crippen LogP contribution is 2.30. The van der Waals surface area contributed by atoms with Crippen LogP contribution in [0.25, 0.3) is 0 Å². The third kappa shape index (κ3) is 4.73. The van der Waals surface area contributed by atoms with E-state index in [4.69, 9.17) is 0 Å². The average Bonchev–Trinajstić information content (AvgIpc) is 2.97. The molecule has 2 rings (SSSR count). The lowest BCUT2D eigenvalue weighted by atomic mass is 10.0. The minimum atomic E-state index is -4.35. The molecule has 1 amide bonds. The highest BCUT2D eigenvalue weighted by Gasteiger charge is 2.30. The molecule has 0 aromatic heterocycles. The summed E-state index contributed by atoms with van der Waals surface area (Å²) in [5.41, 5.74) is -0.155. The molecule has 1 fully saturated rings. The maximum atomic E-state index is 12.7. The Labute approximate surface area is 128 Å². The van der Waals surface area contributed by atoms with Gasteiger partial charge in [0.15, 0.2) is 0 Å². The number of nitrogens with one attached hydrogen (secondary N) is 2. The van der Waals surface area contributed by atoms with Crippen molar-refractivity contribution in [3.63, 3.8) is 0 Å². The van der Waals surface area contributed by atoms with Crippen molar-refractivity contribution in [2.24, 2.45) is 0 Å². The van der Waals surface area contributed by atoms with E-state index in [0.29, 0.717) is 5.56 Å². The van der Waals surface area contributed by atoms with Crippen molar-refractivity contribution in [1.82, 2.24) is 10.6 Å². The summed E-state index contributed by atoms with van der Waals surface area (Å²) in [6, 6.07) is 5.10. The summed E-state index contributed by atoms with van der Waals surface area (Å²) in [5.74, 6) is -0.106. The molecule has 1 aromatic carbocycles. The van der Waals surface area contributed by atoms with Gasteiger partial charge in [0, 0.05) is 12.1 Å². The summed E-state index contributed by atoms with van der Waals surface area (Å²) in [5, 5.41) is 5.91. The largest absolute Gasteiger partial charge is 0.416 e. The van der Waals surface area contributed by atoms with Gasteiger partial charge in [-0.1, -0.05) is 25.0 Å². The van der Waals surface area contributed by atoms with E-state index in [2.05, 4.69) is 10.6 Å². The first-order chi connectivity index (χ1) is 10.4. The first-order valence-corrected chi connectivity index (χ1v) is 7.56. The monoisotopic (exact) mass is 314 g/mol. The Kier molecular flexibility index (Phi) is 5.45. The van der Waals surface area contributed by atoms with E-state index in [1.54, 1.807) is 13.0 Å². The molecule has 3 nitrogen and oxygen atoms in total. The third-order valence-electron chi connectivity index (χ3n) is 4.00.